The highest BCUT2D eigenvalue weighted by Gasteiger charge is 2.28. The van der Waals surface area contributed by atoms with Gasteiger partial charge in [0.25, 0.3) is 0 Å². The number of aromatic nitrogens is 2. The first-order chi connectivity index (χ1) is 17.6. The van der Waals surface area contributed by atoms with Gasteiger partial charge in [0.2, 0.25) is 0 Å². The van der Waals surface area contributed by atoms with Crippen molar-refractivity contribution in [3.8, 4) is 17.3 Å². The summed E-state index contributed by atoms with van der Waals surface area (Å²) in [5, 5.41) is 16.9. The Hall–Kier alpha value is -2.05. The molecule has 0 spiro atoms. The van der Waals surface area contributed by atoms with Crippen molar-refractivity contribution in [1.82, 2.24) is 19.2 Å². The molecule has 2 N–H and O–H groups in total. The largest absolute Gasteiger partial charge is 0.379 e. The van der Waals surface area contributed by atoms with Gasteiger partial charge in [0, 0.05) is 36.3 Å². The minimum Gasteiger partial charge on any atom is -0.379 e. The number of hydrogen-bond donors (Lipinski definition) is 2. The van der Waals surface area contributed by atoms with E-state index in [1.165, 1.54) is 12.1 Å². The molecule has 1 saturated heterocycles. The third-order valence-electron chi connectivity index (χ3n) is 5.92. The van der Waals surface area contributed by atoms with E-state index in [0.29, 0.717) is 24.7 Å². The molecular formula is C28H47N5O2S. The van der Waals surface area contributed by atoms with Crippen molar-refractivity contribution in [2.45, 2.75) is 92.5 Å². The smallest absolute Gasteiger partial charge is 0.170 e. The van der Waals surface area contributed by atoms with E-state index in [1.807, 2.05) is 56.3 Å². The Morgan fingerprint density at radius 2 is 1.75 bits per heavy atom. The van der Waals surface area contributed by atoms with Crippen LogP contribution in [0.25, 0.3) is 11.3 Å². The topological polar surface area (TPSA) is 94.0 Å². The van der Waals surface area contributed by atoms with Gasteiger partial charge < -0.3 is 4.74 Å². The summed E-state index contributed by atoms with van der Waals surface area (Å²) in [6.07, 6.45) is 5.33. The lowest BCUT2D eigenvalue weighted by Gasteiger charge is -2.31. The number of benzene rings is 1. The maximum absolute atomic E-state index is 12.5. The highest BCUT2D eigenvalue weighted by Crippen LogP contribution is 2.36. The van der Waals surface area contributed by atoms with Crippen molar-refractivity contribution in [2.75, 3.05) is 26.3 Å². The first-order valence-electron chi connectivity index (χ1n) is 13.6. The van der Waals surface area contributed by atoms with Gasteiger partial charge in [0.15, 0.2) is 11.2 Å². The first-order valence-corrected chi connectivity index (χ1v) is 14.7. The monoisotopic (exact) mass is 517 g/mol. The van der Waals surface area contributed by atoms with Crippen LogP contribution in [0.15, 0.2) is 24.3 Å². The number of aromatic amines is 1. The molecule has 8 heteroatoms. The molecule has 1 atom stereocenters. The normalized spacial score (nSPS) is 20.3. The summed E-state index contributed by atoms with van der Waals surface area (Å²) in [5.41, 5.74) is 4.89. The summed E-state index contributed by atoms with van der Waals surface area (Å²) >= 11 is -1.13. The zero-order valence-electron chi connectivity index (χ0n) is 23.4. The van der Waals surface area contributed by atoms with Crippen molar-refractivity contribution in [3.63, 3.8) is 0 Å². The molecule has 2 heterocycles. The number of nitriles is 1. The van der Waals surface area contributed by atoms with Gasteiger partial charge in [-0.15, -0.1) is 0 Å². The fraction of sp³-hybridized carbons (Fsp3) is 0.643. The number of nitrogens with one attached hydrogen (secondary N) is 2. The second-order valence-corrected chi connectivity index (χ2v) is 9.72. The summed E-state index contributed by atoms with van der Waals surface area (Å²) in [4.78, 5) is 0. The van der Waals surface area contributed by atoms with Crippen LogP contribution in [0, 0.1) is 18.3 Å². The molecule has 1 unspecified atom stereocenters. The number of hydrogen-bond acceptors (Lipinski definition) is 4. The summed E-state index contributed by atoms with van der Waals surface area (Å²) in [5.74, 6) is 0.435. The van der Waals surface area contributed by atoms with Gasteiger partial charge in [-0.2, -0.15) is 10.4 Å². The minimum atomic E-state index is -1.13. The van der Waals surface area contributed by atoms with E-state index in [2.05, 4.69) is 41.8 Å². The highest BCUT2D eigenvalue weighted by molar-refractivity contribution is 7.80. The molecule has 2 aliphatic rings. The fourth-order valence-corrected chi connectivity index (χ4v) is 5.41. The lowest BCUT2D eigenvalue weighted by molar-refractivity contribution is 0.0745. The summed E-state index contributed by atoms with van der Waals surface area (Å²) < 4.78 is 23.1. The van der Waals surface area contributed by atoms with Gasteiger partial charge >= 0.3 is 0 Å². The lowest BCUT2D eigenvalue weighted by Crippen LogP contribution is -2.46. The maximum atomic E-state index is 12.5. The Morgan fingerprint density at radius 1 is 1.14 bits per heavy atom. The van der Waals surface area contributed by atoms with Crippen molar-refractivity contribution < 1.29 is 8.95 Å². The number of H-pyrrole nitrogens is 1. The third kappa shape index (κ3) is 9.44. The molecule has 7 nitrogen and oxygen atoms in total. The zero-order chi connectivity index (χ0) is 26.9. The average Bonchev–Trinajstić information content (AvgIpc) is 3.33. The zero-order valence-corrected chi connectivity index (χ0v) is 24.2. The van der Waals surface area contributed by atoms with Gasteiger partial charge in [-0.25, -0.2) is 13.2 Å². The average molecular weight is 518 g/mol. The number of nitrogens with zero attached hydrogens (tertiary/aromatic N) is 3. The van der Waals surface area contributed by atoms with E-state index >= 15 is 0 Å². The van der Waals surface area contributed by atoms with Crippen molar-refractivity contribution in [3.05, 3.63) is 41.1 Å². The Labute approximate surface area is 221 Å². The molecule has 4 rings (SSSR count). The number of rotatable bonds is 5. The molecule has 2 fully saturated rings. The molecule has 2 aromatic rings. The van der Waals surface area contributed by atoms with E-state index < -0.39 is 11.2 Å². The first kappa shape index (κ1) is 32.0. The SMILES string of the molecule is CC.CC.CCC.Cc1c(-c2cccc(C#N)c2)n[nH]c1C1CCC(NS(=O)N2CCOCC2)CC1. The molecule has 202 valence electrons. The van der Waals surface area contributed by atoms with Crippen LogP contribution in [-0.4, -0.2) is 51.1 Å². The lowest BCUT2D eigenvalue weighted by atomic mass is 9.83. The standard InChI is InChI=1S/C21H27N5O2S.C3H8.2C2H6/c1-15-20(23-24-21(15)18-4-2-3-16(13-18)14-22)17-5-7-19(8-6-17)25-29(27)26-9-11-28-12-10-26;1-3-2;2*1-2/h2-4,13,17,19,25H,5-12H2,1H3,(H,23,24);3H2,1-2H3;2*1-2H3. The Balaban J connectivity index is 0.000000844. The van der Waals surface area contributed by atoms with Crippen LogP contribution in [0.3, 0.4) is 0 Å². The van der Waals surface area contributed by atoms with Crippen LogP contribution in [0.4, 0.5) is 0 Å². The van der Waals surface area contributed by atoms with Crippen molar-refractivity contribution in [2.24, 2.45) is 0 Å². The van der Waals surface area contributed by atoms with Crippen LogP contribution < -0.4 is 4.72 Å². The van der Waals surface area contributed by atoms with Gasteiger partial charge in [0.1, 0.15) is 0 Å². The molecule has 0 bridgehead atoms. The van der Waals surface area contributed by atoms with Crippen LogP contribution in [0.1, 0.15) is 96.4 Å². The van der Waals surface area contributed by atoms with Gasteiger partial charge in [-0.3, -0.25) is 5.10 Å². The number of ether oxygens (including phenoxy) is 1. The molecule has 1 aromatic heterocycles. The van der Waals surface area contributed by atoms with Crippen LogP contribution in [-0.2, 0) is 15.9 Å². The second kappa shape index (κ2) is 18.2. The van der Waals surface area contributed by atoms with E-state index in [1.54, 1.807) is 0 Å². The van der Waals surface area contributed by atoms with Crippen molar-refractivity contribution >= 4 is 11.2 Å². The summed E-state index contributed by atoms with van der Waals surface area (Å²) in [6.45, 7) is 17.1. The fourth-order valence-electron chi connectivity index (χ4n) is 4.26. The van der Waals surface area contributed by atoms with E-state index in [0.717, 1.165) is 55.6 Å². The van der Waals surface area contributed by atoms with E-state index in [-0.39, 0.29) is 6.04 Å². The van der Waals surface area contributed by atoms with Crippen molar-refractivity contribution in [1.29, 1.82) is 5.26 Å². The molecule has 36 heavy (non-hydrogen) atoms. The molecule has 1 aliphatic heterocycles. The van der Waals surface area contributed by atoms with Gasteiger partial charge in [-0.05, 0) is 50.3 Å². The molecule has 1 aromatic carbocycles. The van der Waals surface area contributed by atoms with Crippen LogP contribution >= 0.6 is 0 Å². The quantitative estimate of drug-likeness (QED) is 0.490. The highest BCUT2D eigenvalue weighted by atomic mass is 32.2. The Kier molecular flexibility index (Phi) is 16.2. The molecule has 1 aliphatic carbocycles. The maximum Gasteiger partial charge on any atom is 0.170 e. The molecule has 0 radical (unpaired) electrons. The minimum absolute atomic E-state index is 0.282. The van der Waals surface area contributed by atoms with Crippen LogP contribution in [0.2, 0.25) is 0 Å². The predicted octanol–water partition coefficient (Wildman–Crippen LogP) is 6.25. The summed E-state index contributed by atoms with van der Waals surface area (Å²) in [6, 6.07) is 10.1. The van der Waals surface area contributed by atoms with Gasteiger partial charge in [-0.1, -0.05) is 60.1 Å². The Morgan fingerprint density at radius 3 is 2.33 bits per heavy atom. The van der Waals surface area contributed by atoms with E-state index in [9.17, 15) is 4.21 Å². The second-order valence-electron chi connectivity index (χ2n) is 8.47. The predicted molar refractivity (Wildman–Crippen MR) is 151 cm³/mol. The molecule has 0 amide bonds. The summed E-state index contributed by atoms with van der Waals surface area (Å²) in [7, 11) is 0. The molecular weight excluding hydrogens is 470 g/mol. The number of morpholine rings is 1. The van der Waals surface area contributed by atoms with Crippen LogP contribution in [0.5, 0.6) is 0 Å². The third-order valence-corrected chi connectivity index (χ3v) is 7.29. The van der Waals surface area contributed by atoms with Gasteiger partial charge in [0.05, 0.1) is 30.5 Å². The molecule has 1 saturated carbocycles. The Bertz CT molecular complexity index is 926. The van der Waals surface area contributed by atoms with E-state index in [4.69, 9.17) is 10.00 Å².